The predicted molar refractivity (Wildman–Crippen MR) is 87.5 cm³/mol. The van der Waals surface area contributed by atoms with Gasteiger partial charge in [0, 0.05) is 36.9 Å². The van der Waals surface area contributed by atoms with E-state index in [1.807, 2.05) is 6.07 Å². The van der Waals surface area contributed by atoms with Crippen LogP contribution in [0.4, 0.5) is 0 Å². The number of nitrogens with one attached hydrogen (secondary N) is 2. The van der Waals surface area contributed by atoms with E-state index in [1.165, 1.54) is 17.7 Å². The summed E-state index contributed by atoms with van der Waals surface area (Å²) in [5.41, 5.74) is 5.77. The first-order valence-corrected chi connectivity index (χ1v) is 8.47. The second kappa shape index (κ2) is 8.67. The summed E-state index contributed by atoms with van der Waals surface area (Å²) < 4.78 is 0. The first-order chi connectivity index (χ1) is 10.2. The van der Waals surface area contributed by atoms with Crippen LogP contribution in [-0.2, 0) is 11.2 Å². The molecule has 1 amide bonds. The lowest BCUT2D eigenvalue weighted by molar-refractivity contribution is -0.121. The summed E-state index contributed by atoms with van der Waals surface area (Å²) in [5.74, 6) is 0.515. The van der Waals surface area contributed by atoms with E-state index in [2.05, 4.69) is 27.1 Å². The number of carbonyl (C=O) groups is 1. The molecule has 1 aromatic heterocycles. The third-order valence-corrected chi connectivity index (χ3v) is 4.54. The number of nitrogens with zero attached hydrogens (tertiary/aromatic N) is 1. The number of guanidine groups is 1. The third-order valence-electron chi connectivity index (χ3n) is 3.60. The number of rotatable bonds is 7. The van der Waals surface area contributed by atoms with Crippen molar-refractivity contribution in [2.45, 2.75) is 44.6 Å². The van der Waals surface area contributed by atoms with E-state index < -0.39 is 0 Å². The second-order valence-electron chi connectivity index (χ2n) is 5.32. The molecular formula is C15H24N4OS. The fourth-order valence-electron chi connectivity index (χ4n) is 2.47. The van der Waals surface area contributed by atoms with Crippen LogP contribution in [0.15, 0.2) is 22.5 Å². The first kappa shape index (κ1) is 15.8. The van der Waals surface area contributed by atoms with Gasteiger partial charge in [-0.05, 0) is 24.3 Å². The van der Waals surface area contributed by atoms with E-state index in [0.29, 0.717) is 31.5 Å². The molecule has 1 heterocycles. The van der Waals surface area contributed by atoms with Gasteiger partial charge >= 0.3 is 0 Å². The Bertz CT molecular complexity index is 452. The topological polar surface area (TPSA) is 79.5 Å². The van der Waals surface area contributed by atoms with Gasteiger partial charge in [-0.3, -0.25) is 9.79 Å². The van der Waals surface area contributed by atoms with E-state index in [0.717, 1.165) is 19.3 Å². The highest BCUT2D eigenvalue weighted by Gasteiger charge is 2.16. The number of nitrogens with two attached hydrogens (primary N) is 1. The Balaban J connectivity index is 1.55. The molecule has 0 aliphatic heterocycles. The molecule has 1 fully saturated rings. The summed E-state index contributed by atoms with van der Waals surface area (Å²) in [5, 5.41) is 8.10. The number of hydrogen-bond acceptors (Lipinski definition) is 3. The molecule has 1 aliphatic rings. The quantitative estimate of drug-likeness (QED) is 0.529. The summed E-state index contributed by atoms with van der Waals surface area (Å²) in [4.78, 5) is 17.3. The average molecular weight is 308 g/mol. The molecule has 0 spiro atoms. The van der Waals surface area contributed by atoms with Crippen LogP contribution in [0, 0.1) is 0 Å². The molecule has 5 nitrogen and oxygen atoms in total. The largest absolute Gasteiger partial charge is 0.370 e. The van der Waals surface area contributed by atoms with Crippen molar-refractivity contribution in [2.24, 2.45) is 10.7 Å². The molecule has 4 N–H and O–H groups in total. The maximum Gasteiger partial charge on any atom is 0.221 e. The number of thiophene rings is 1. The maximum absolute atomic E-state index is 11.7. The predicted octanol–water partition coefficient (Wildman–Crippen LogP) is 1.64. The van der Waals surface area contributed by atoms with Crippen molar-refractivity contribution in [2.75, 3.05) is 13.1 Å². The lowest BCUT2D eigenvalue weighted by atomic mass is 10.2. The fourth-order valence-corrected chi connectivity index (χ4v) is 3.17. The van der Waals surface area contributed by atoms with Crippen molar-refractivity contribution >= 4 is 23.2 Å². The molecule has 0 unspecified atom stereocenters. The van der Waals surface area contributed by atoms with E-state index in [4.69, 9.17) is 5.73 Å². The van der Waals surface area contributed by atoms with Crippen LogP contribution in [-0.4, -0.2) is 31.0 Å². The van der Waals surface area contributed by atoms with Gasteiger partial charge in [-0.25, -0.2) is 0 Å². The molecule has 2 rings (SSSR count). The molecule has 0 saturated heterocycles. The minimum absolute atomic E-state index is 0.0979. The minimum atomic E-state index is 0.0979. The Hall–Kier alpha value is -1.56. The first-order valence-electron chi connectivity index (χ1n) is 7.59. The Morgan fingerprint density at radius 1 is 1.43 bits per heavy atom. The summed E-state index contributed by atoms with van der Waals surface area (Å²) in [6.45, 7) is 1.21. The summed E-state index contributed by atoms with van der Waals surface area (Å²) in [6, 6.07) is 4.51. The van der Waals surface area contributed by atoms with Crippen molar-refractivity contribution in [3.05, 3.63) is 22.4 Å². The summed E-state index contributed by atoms with van der Waals surface area (Å²) in [6.07, 6.45) is 6.04. The van der Waals surface area contributed by atoms with Crippen molar-refractivity contribution in [3.63, 3.8) is 0 Å². The van der Waals surface area contributed by atoms with E-state index >= 15 is 0 Å². The second-order valence-corrected chi connectivity index (χ2v) is 6.35. The number of hydrogen-bond donors (Lipinski definition) is 3. The normalized spacial score (nSPS) is 16.1. The SMILES string of the molecule is NC(=NCCc1cccs1)NCCC(=O)NC1CCCC1. The van der Waals surface area contributed by atoms with Crippen LogP contribution in [0.3, 0.4) is 0 Å². The van der Waals surface area contributed by atoms with Crippen molar-refractivity contribution in [3.8, 4) is 0 Å². The molecule has 0 bridgehead atoms. The van der Waals surface area contributed by atoms with Crippen molar-refractivity contribution in [1.29, 1.82) is 0 Å². The van der Waals surface area contributed by atoms with Crippen LogP contribution in [0.2, 0.25) is 0 Å². The molecule has 6 heteroatoms. The van der Waals surface area contributed by atoms with Gasteiger partial charge in [0.05, 0.1) is 0 Å². The number of amides is 1. The molecule has 0 atom stereocenters. The van der Waals surface area contributed by atoms with Gasteiger partial charge in [0.1, 0.15) is 0 Å². The Morgan fingerprint density at radius 3 is 2.95 bits per heavy atom. The van der Waals surface area contributed by atoms with Gasteiger partial charge in [0.2, 0.25) is 5.91 Å². The lowest BCUT2D eigenvalue weighted by Gasteiger charge is -2.12. The maximum atomic E-state index is 11.7. The Labute approximate surface area is 130 Å². The van der Waals surface area contributed by atoms with Crippen LogP contribution in [0.25, 0.3) is 0 Å². The Morgan fingerprint density at radius 2 is 2.24 bits per heavy atom. The summed E-state index contributed by atoms with van der Waals surface area (Å²) >= 11 is 1.73. The van der Waals surface area contributed by atoms with Gasteiger partial charge in [0.25, 0.3) is 0 Å². The number of carbonyl (C=O) groups excluding carboxylic acids is 1. The molecule has 21 heavy (non-hydrogen) atoms. The molecule has 1 saturated carbocycles. The van der Waals surface area contributed by atoms with Crippen LogP contribution >= 0.6 is 11.3 Å². The van der Waals surface area contributed by atoms with Gasteiger partial charge in [-0.2, -0.15) is 0 Å². The highest BCUT2D eigenvalue weighted by Crippen LogP contribution is 2.17. The van der Waals surface area contributed by atoms with Gasteiger partial charge in [-0.1, -0.05) is 18.9 Å². The molecule has 116 valence electrons. The molecule has 0 radical (unpaired) electrons. The van der Waals surface area contributed by atoms with Crippen LogP contribution in [0.5, 0.6) is 0 Å². The van der Waals surface area contributed by atoms with Crippen LogP contribution in [0.1, 0.15) is 37.0 Å². The molecule has 0 aromatic carbocycles. The van der Waals surface area contributed by atoms with Gasteiger partial charge in [-0.15, -0.1) is 11.3 Å². The summed E-state index contributed by atoms with van der Waals surface area (Å²) in [7, 11) is 0. The van der Waals surface area contributed by atoms with Crippen molar-refractivity contribution in [1.82, 2.24) is 10.6 Å². The van der Waals surface area contributed by atoms with Gasteiger partial charge < -0.3 is 16.4 Å². The molecular weight excluding hydrogens is 284 g/mol. The zero-order valence-corrected chi connectivity index (χ0v) is 13.1. The smallest absolute Gasteiger partial charge is 0.221 e. The Kier molecular flexibility index (Phi) is 6.53. The zero-order chi connectivity index (χ0) is 14.9. The van der Waals surface area contributed by atoms with E-state index in [1.54, 1.807) is 11.3 Å². The average Bonchev–Trinajstić information content (AvgIpc) is 3.12. The zero-order valence-electron chi connectivity index (χ0n) is 12.3. The standard InChI is InChI=1S/C15H24N4OS/c16-15(17-9-7-13-6-3-11-21-13)18-10-8-14(20)19-12-4-1-2-5-12/h3,6,11-12H,1-2,4-5,7-10H2,(H,19,20)(H3,16,17,18). The molecule has 1 aromatic rings. The lowest BCUT2D eigenvalue weighted by Crippen LogP contribution is -2.37. The number of aliphatic imine (C=N–C) groups is 1. The van der Waals surface area contributed by atoms with E-state index in [-0.39, 0.29) is 5.91 Å². The monoisotopic (exact) mass is 308 g/mol. The minimum Gasteiger partial charge on any atom is -0.370 e. The van der Waals surface area contributed by atoms with Crippen LogP contribution < -0.4 is 16.4 Å². The van der Waals surface area contributed by atoms with Gasteiger partial charge in [0.15, 0.2) is 5.96 Å². The highest BCUT2D eigenvalue weighted by atomic mass is 32.1. The van der Waals surface area contributed by atoms with Crippen molar-refractivity contribution < 1.29 is 4.79 Å². The molecule has 1 aliphatic carbocycles. The third kappa shape index (κ3) is 6.16. The highest BCUT2D eigenvalue weighted by molar-refractivity contribution is 7.09. The van der Waals surface area contributed by atoms with E-state index in [9.17, 15) is 4.79 Å². The fraction of sp³-hybridized carbons (Fsp3) is 0.600.